The lowest BCUT2D eigenvalue weighted by Gasteiger charge is -2.13. The Labute approximate surface area is 183 Å². The number of thiazole rings is 1. The highest BCUT2D eigenvalue weighted by Crippen LogP contribution is 2.26. The first kappa shape index (κ1) is 21.3. The van der Waals surface area contributed by atoms with Crippen LogP contribution in [0.2, 0.25) is 0 Å². The lowest BCUT2D eigenvalue weighted by molar-refractivity contribution is -0.123. The Morgan fingerprint density at radius 1 is 1.12 bits per heavy atom. The number of amides is 1. The minimum atomic E-state index is -1.18. The highest BCUT2D eigenvalue weighted by molar-refractivity contribution is 7.14. The number of carbonyl (C=O) groups excluding carboxylic acids is 2. The van der Waals surface area contributed by atoms with Gasteiger partial charge in [0.25, 0.3) is 5.91 Å². The van der Waals surface area contributed by atoms with Crippen LogP contribution in [0.5, 0.6) is 0 Å². The molecule has 10 heteroatoms. The summed E-state index contributed by atoms with van der Waals surface area (Å²) in [6, 6.07) is 11.2. The summed E-state index contributed by atoms with van der Waals surface area (Å²) in [4.78, 5) is 43.7. The van der Waals surface area contributed by atoms with Gasteiger partial charge in [-0.25, -0.2) is 18.6 Å². The van der Waals surface area contributed by atoms with Crippen LogP contribution in [0.15, 0.2) is 58.7 Å². The number of rotatable bonds is 5. The van der Waals surface area contributed by atoms with Crippen molar-refractivity contribution in [3.05, 3.63) is 81.5 Å². The summed E-state index contributed by atoms with van der Waals surface area (Å²) in [6.45, 7) is 1.38. The van der Waals surface area contributed by atoms with Crippen LogP contribution in [0.3, 0.4) is 0 Å². The fourth-order valence-corrected chi connectivity index (χ4v) is 3.70. The van der Waals surface area contributed by atoms with Gasteiger partial charge in [-0.05, 0) is 31.2 Å². The van der Waals surface area contributed by atoms with Gasteiger partial charge >= 0.3 is 5.97 Å². The van der Waals surface area contributed by atoms with Crippen LogP contribution < -0.4 is 10.9 Å². The van der Waals surface area contributed by atoms with E-state index in [2.05, 4.69) is 15.3 Å². The molecule has 0 spiro atoms. The molecule has 7 nitrogen and oxygen atoms in total. The van der Waals surface area contributed by atoms with E-state index in [0.29, 0.717) is 22.2 Å². The second-order valence-electron chi connectivity index (χ2n) is 6.80. The Balaban J connectivity index is 1.46. The monoisotopic (exact) mass is 455 g/mol. The van der Waals surface area contributed by atoms with Gasteiger partial charge in [-0.1, -0.05) is 18.2 Å². The lowest BCUT2D eigenvalue weighted by atomic mass is 10.1. The van der Waals surface area contributed by atoms with E-state index < -0.39 is 35.2 Å². The zero-order chi connectivity index (χ0) is 22.8. The molecule has 0 fully saturated rings. The summed E-state index contributed by atoms with van der Waals surface area (Å²) in [7, 11) is 0. The summed E-state index contributed by atoms with van der Waals surface area (Å²) in [5.74, 6) is -3.44. The molecule has 4 aromatic rings. The fourth-order valence-electron chi connectivity index (χ4n) is 2.98. The van der Waals surface area contributed by atoms with E-state index >= 15 is 0 Å². The molecule has 32 heavy (non-hydrogen) atoms. The maximum atomic E-state index is 13.4. The molecule has 2 heterocycles. The predicted octanol–water partition coefficient (Wildman–Crippen LogP) is 4.11. The second-order valence-corrected chi connectivity index (χ2v) is 7.65. The Morgan fingerprint density at radius 2 is 1.91 bits per heavy atom. The third-order valence-corrected chi connectivity index (χ3v) is 5.33. The molecule has 0 unspecified atom stereocenters. The van der Waals surface area contributed by atoms with Crippen LogP contribution in [0.4, 0.5) is 13.9 Å². The van der Waals surface area contributed by atoms with Crippen LogP contribution in [-0.2, 0) is 9.53 Å². The van der Waals surface area contributed by atoms with E-state index in [1.54, 1.807) is 29.6 Å². The van der Waals surface area contributed by atoms with Gasteiger partial charge in [-0.3, -0.25) is 14.9 Å². The van der Waals surface area contributed by atoms with E-state index in [9.17, 15) is 23.2 Å². The third kappa shape index (κ3) is 4.40. The summed E-state index contributed by atoms with van der Waals surface area (Å²) in [5.41, 5.74) is 0.737. The molecule has 0 aliphatic carbocycles. The Morgan fingerprint density at radius 3 is 2.69 bits per heavy atom. The highest BCUT2D eigenvalue weighted by Gasteiger charge is 2.22. The first-order valence-corrected chi connectivity index (χ1v) is 10.2. The summed E-state index contributed by atoms with van der Waals surface area (Å²) >= 11 is 1.07. The number of hydrogen-bond acceptors (Lipinski definition) is 6. The molecule has 4 rings (SSSR count). The zero-order valence-corrected chi connectivity index (χ0v) is 17.3. The molecule has 0 saturated carbocycles. The summed E-state index contributed by atoms with van der Waals surface area (Å²) < 4.78 is 31.8. The van der Waals surface area contributed by atoms with Crippen molar-refractivity contribution in [1.82, 2.24) is 9.97 Å². The number of ether oxygens (including phenoxy) is 1. The van der Waals surface area contributed by atoms with Crippen LogP contribution in [0, 0.1) is 11.6 Å². The zero-order valence-electron chi connectivity index (χ0n) is 16.5. The normalized spacial score (nSPS) is 11.8. The largest absolute Gasteiger partial charge is 0.449 e. The van der Waals surface area contributed by atoms with E-state index in [1.165, 1.54) is 13.0 Å². The molecule has 0 saturated heterocycles. The van der Waals surface area contributed by atoms with Crippen molar-refractivity contribution < 1.29 is 23.1 Å². The number of anilines is 1. The number of hydrogen-bond donors (Lipinski definition) is 2. The standard InChI is InChI=1S/C22H15F2N3O4S/c1-11(31-21(30)14-9-19(28)25-17-5-3-2-4-13(14)17)20(29)27-22-26-18(10-32-22)12-6-7-15(23)16(24)8-12/h2-11H,1H3,(H,25,28)(H,26,27,29)/t11-/m0/s1. The number of nitrogens with zero attached hydrogens (tertiary/aromatic N) is 1. The summed E-state index contributed by atoms with van der Waals surface area (Å²) in [6.07, 6.45) is -1.18. The molecule has 0 aliphatic heterocycles. The van der Waals surface area contributed by atoms with Gasteiger partial charge in [-0.15, -0.1) is 11.3 Å². The van der Waals surface area contributed by atoms with Gasteiger partial charge < -0.3 is 9.72 Å². The number of nitrogens with one attached hydrogen (secondary N) is 2. The SMILES string of the molecule is C[C@H](OC(=O)c1cc(=O)[nH]c2ccccc12)C(=O)Nc1nc(-c2ccc(F)c(F)c2)cs1. The lowest BCUT2D eigenvalue weighted by Crippen LogP contribution is -2.30. The maximum absolute atomic E-state index is 13.4. The maximum Gasteiger partial charge on any atom is 0.339 e. The first-order chi connectivity index (χ1) is 15.3. The molecule has 0 bridgehead atoms. The topological polar surface area (TPSA) is 101 Å². The molecule has 1 amide bonds. The molecule has 2 aromatic heterocycles. The van der Waals surface area contributed by atoms with E-state index in [4.69, 9.17) is 4.74 Å². The number of carbonyl (C=O) groups is 2. The molecule has 2 aromatic carbocycles. The van der Waals surface area contributed by atoms with Crippen molar-refractivity contribution in [3.63, 3.8) is 0 Å². The Bertz CT molecular complexity index is 1400. The Hall–Kier alpha value is -3.92. The summed E-state index contributed by atoms with van der Waals surface area (Å²) in [5, 5.41) is 4.77. The molecule has 162 valence electrons. The van der Waals surface area contributed by atoms with Crippen molar-refractivity contribution in [3.8, 4) is 11.3 Å². The Kier molecular flexibility index (Phi) is 5.78. The quantitative estimate of drug-likeness (QED) is 0.441. The first-order valence-electron chi connectivity index (χ1n) is 9.36. The van der Waals surface area contributed by atoms with Gasteiger partial charge in [0.2, 0.25) is 5.56 Å². The number of aromatic nitrogens is 2. The van der Waals surface area contributed by atoms with Gasteiger partial charge in [0.1, 0.15) is 0 Å². The second kappa shape index (κ2) is 8.67. The fraction of sp³-hybridized carbons (Fsp3) is 0.0909. The molecule has 1 atom stereocenters. The smallest absolute Gasteiger partial charge is 0.339 e. The van der Waals surface area contributed by atoms with E-state index in [-0.39, 0.29) is 10.7 Å². The van der Waals surface area contributed by atoms with E-state index in [1.807, 2.05) is 0 Å². The van der Waals surface area contributed by atoms with Crippen LogP contribution >= 0.6 is 11.3 Å². The van der Waals surface area contributed by atoms with Crippen LogP contribution in [-0.4, -0.2) is 27.9 Å². The van der Waals surface area contributed by atoms with Crippen molar-refractivity contribution in [2.75, 3.05) is 5.32 Å². The average molecular weight is 455 g/mol. The molecule has 0 radical (unpaired) electrons. The number of H-pyrrole nitrogens is 1. The predicted molar refractivity (Wildman–Crippen MR) is 116 cm³/mol. The number of benzene rings is 2. The number of halogens is 2. The number of aromatic amines is 1. The van der Waals surface area contributed by atoms with Crippen molar-refractivity contribution in [2.45, 2.75) is 13.0 Å². The van der Waals surface area contributed by atoms with Crippen molar-refractivity contribution in [2.24, 2.45) is 0 Å². The van der Waals surface area contributed by atoms with Gasteiger partial charge in [-0.2, -0.15) is 0 Å². The highest BCUT2D eigenvalue weighted by atomic mass is 32.1. The van der Waals surface area contributed by atoms with Gasteiger partial charge in [0.15, 0.2) is 22.9 Å². The van der Waals surface area contributed by atoms with Crippen LogP contribution in [0.1, 0.15) is 17.3 Å². The van der Waals surface area contributed by atoms with Crippen molar-refractivity contribution >= 4 is 39.2 Å². The molecule has 2 N–H and O–H groups in total. The minimum Gasteiger partial charge on any atom is -0.449 e. The number of para-hydroxylation sites is 1. The van der Waals surface area contributed by atoms with Crippen molar-refractivity contribution in [1.29, 1.82) is 0 Å². The molecule has 0 aliphatic rings. The number of esters is 1. The number of fused-ring (bicyclic) bond motifs is 1. The van der Waals surface area contributed by atoms with Gasteiger partial charge in [0.05, 0.1) is 11.3 Å². The minimum absolute atomic E-state index is 0.0406. The van der Waals surface area contributed by atoms with Gasteiger partial charge in [0, 0.05) is 27.9 Å². The molecular formula is C22H15F2N3O4S. The molecular weight excluding hydrogens is 440 g/mol. The van der Waals surface area contributed by atoms with E-state index in [0.717, 1.165) is 29.5 Å². The van der Waals surface area contributed by atoms with Crippen LogP contribution in [0.25, 0.3) is 22.2 Å². The average Bonchev–Trinajstić information content (AvgIpc) is 3.23. The third-order valence-electron chi connectivity index (χ3n) is 4.57. The number of pyridine rings is 1.